The van der Waals surface area contributed by atoms with Crippen molar-refractivity contribution in [1.29, 1.82) is 0 Å². The molecule has 1 unspecified atom stereocenters. The van der Waals surface area contributed by atoms with Crippen LogP contribution in [0.4, 0.5) is 0 Å². The number of ether oxygens (including phenoxy) is 2. The number of hydrogen-bond acceptors (Lipinski definition) is 5. The van der Waals surface area contributed by atoms with E-state index in [-0.39, 0.29) is 10.8 Å². The molecule has 4 rings (SSSR count). The smallest absolute Gasteiger partial charge is 0.243 e. The molecule has 2 aromatic carbocycles. The fraction of sp³-hybridized carbons (Fsp3) is 0.381. The zero-order valence-electron chi connectivity index (χ0n) is 16.8. The molecule has 0 bridgehead atoms. The molecule has 0 spiro atoms. The standard InChI is InChI=1S/C21H25N3O4S/c1-23-18-9-5-4-8-17(18)22-21(23)15-7-6-12-24(14-15)29(25,26)16-10-11-19(27-2)20(13-16)28-3/h4-5,8-11,13,15H,6-7,12,14H2,1-3H3. The van der Waals surface area contributed by atoms with E-state index < -0.39 is 10.0 Å². The highest BCUT2D eigenvalue weighted by atomic mass is 32.2. The zero-order valence-corrected chi connectivity index (χ0v) is 17.6. The van der Waals surface area contributed by atoms with Crippen LogP contribution in [0.15, 0.2) is 47.4 Å². The summed E-state index contributed by atoms with van der Waals surface area (Å²) in [4.78, 5) is 4.99. The average Bonchev–Trinajstić information content (AvgIpc) is 3.10. The molecular formula is C21H25N3O4S. The van der Waals surface area contributed by atoms with Crippen LogP contribution in [0, 0.1) is 0 Å². The van der Waals surface area contributed by atoms with Crippen LogP contribution in [0.5, 0.6) is 11.5 Å². The lowest BCUT2D eigenvalue weighted by molar-refractivity contribution is 0.306. The normalized spacial score (nSPS) is 18.1. The lowest BCUT2D eigenvalue weighted by Crippen LogP contribution is -2.39. The Morgan fingerprint density at radius 3 is 2.55 bits per heavy atom. The van der Waals surface area contributed by atoms with E-state index >= 15 is 0 Å². The van der Waals surface area contributed by atoms with Crippen molar-refractivity contribution in [3.63, 3.8) is 0 Å². The van der Waals surface area contributed by atoms with E-state index in [1.165, 1.54) is 20.3 Å². The van der Waals surface area contributed by atoms with Gasteiger partial charge in [0.05, 0.1) is 30.1 Å². The Morgan fingerprint density at radius 2 is 1.83 bits per heavy atom. The number of imidazole rings is 1. The molecule has 0 N–H and O–H groups in total. The number of hydrogen-bond donors (Lipinski definition) is 0. The number of para-hydroxylation sites is 2. The van der Waals surface area contributed by atoms with Gasteiger partial charge in [-0.15, -0.1) is 0 Å². The van der Waals surface area contributed by atoms with Gasteiger partial charge in [0.25, 0.3) is 0 Å². The number of methoxy groups -OCH3 is 2. The lowest BCUT2D eigenvalue weighted by atomic mass is 9.99. The van der Waals surface area contributed by atoms with E-state index in [2.05, 4.69) is 4.57 Å². The van der Waals surface area contributed by atoms with Crippen molar-refractivity contribution >= 4 is 21.1 Å². The maximum absolute atomic E-state index is 13.3. The minimum Gasteiger partial charge on any atom is -0.493 e. The minimum absolute atomic E-state index is 0.0519. The number of benzene rings is 2. The first-order valence-electron chi connectivity index (χ1n) is 9.59. The number of aryl methyl sites for hydroxylation is 1. The molecule has 8 heteroatoms. The lowest BCUT2D eigenvalue weighted by Gasteiger charge is -2.31. The summed E-state index contributed by atoms with van der Waals surface area (Å²) in [5.74, 6) is 1.88. The second-order valence-electron chi connectivity index (χ2n) is 7.24. The summed E-state index contributed by atoms with van der Waals surface area (Å²) in [6, 6.07) is 12.7. The summed E-state index contributed by atoms with van der Waals surface area (Å²) >= 11 is 0. The van der Waals surface area contributed by atoms with Crippen LogP contribution >= 0.6 is 0 Å². The van der Waals surface area contributed by atoms with Crippen molar-refractivity contribution in [2.45, 2.75) is 23.7 Å². The first kappa shape index (κ1) is 19.7. The Kier molecular flexibility index (Phi) is 5.23. The fourth-order valence-electron chi connectivity index (χ4n) is 4.03. The van der Waals surface area contributed by atoms with Crippen molar-refractivity contribution in [2.24, 2.45) is 7.05 Å². The highest BCUT2D eigenvalue weighted by Crippen LogP contribution is 2.34. The first-order chi connectivity index (χ1) is 14.0. The molecular weight excluding hydrogens is 390 g/mol. The van der Waals surface area contributed by atoms with Crippen LogP contribution in [0.3, 0.4) is 0 Å². The maximum atomic E-state index is 13.3. The van der Waals surface area contributed by atoms with Gasteiger partial charge in [0.1, 0.15) is 5.82 Å². The van der Waals surface area contributed by atoms with Gasteiger partial charge < -0.3 is 14.0 Å². The van der Waals surface area contributed by atoms with Gasteiger partial charge in [-0.25, -0.2) is 13.4 Å². The first-order valence-corrected chi connectivity index (χ1v) is 11.0. The molecule has 1 aromatic heterocycles. The van der Waals surface area contributed by atoms with Crippen molar-refractivity contribution in [3.05, 3.63) is 48.3 Å². The van der Waals surface area contributed by atoms with Crippen LogP contribution in [-0.4, -0.2) is 49.6 Å². The van der Waals surface area contributed by atoms with E-state index in [1.54, 1.807) is 16.4 Å². The van der Waals surface area contributed by atoms with E-state index in [0.717, 1.165) is 29.7 Å². The molecule has 1 aliphatic heterocycles. The molecule has 1 aliphatic rings. The van der Waals surface area contributed by atoms with Gasteiger partial charge in [0.2, 0.25) is 10.0 Å². The van der Waals surface area contributed by atoms with Crippen LogP contribution in [0.25, 0.3) is 11.0 Å². The van der Waals surface area contributed by atoms with Crippen LogP contribution < -0.4 is 9.47 Å². The van der Waals surface area contributed by atoms with Gasteiger partial charge in [-0.3, -0.25) is 0 Å². The summed E-state index contributed by atoms with van der Waals surface area (Å²) in [7, 11) is 1.37. The minimum atomic E-state index is -3.64. The Bertz CT molecular complexity index is 1140. The predicted octanol–water partition coefficient (Wildman–Crippen LogP) is 3.16. The summed E-state index contributed by atoms with van der Waals surface area (Å²) in [5, 5.41) is 0. The van der Waals surface area contributed by atoms with Gasteiger partial charge in [-0.1, -0.05) is 12.1 Å². The number of rotatable bonds is 5. The average molecular weight is 416 g/mol. The van der Waals surface area contributed by atoms with Gasteiger partial charge in [0.15, 0.2) is 11.5 Å². The highest BCUT2D eigenvalue weighted by Gasteiger charge is 2.33. The topological polar surface area (TPSA) is 73.7 Å². The van der Waals surface area contributed by atoms with E-state index in [1.807, 2.05) is 31.3 Å². The van der Waals surface area contributed by atoms with Crippen LogP contribution in [-0.2, 0) is 17.1 Å². The quantitative estimate of drug-likeness (QED) is 0.640. The van der Waals surface area contributed by atoms with Crippen molar-refractivity contribution < 1.29 is 17.9 Å². The van der Waals surface area contributed by atoms with E-state index in [9.17, 15) is 8.42 Å². The van der Waals surface area contributed by atoms with Crippen molar-refractivity contribution in [2.75, 3.05) is 27.3 Å². The highest BCUT2D eigenvalue weighted by molar-refractivity contribution is 7.89. The molecule has 154 valence electrons. The molecule has 1 atom stereocenters. The number of aromatic nitrogens is 2. The molecule has 0 amide bonds. The predicted molar refractivity (Wildman–Crippen MR) is 111 cm³/mol. The second kappa shape index (κ2) is 7.68. The Balaban J connectivity index is 1.64. The van der Waals surface area contributed by atoms with Gasteiger partial charge in [0, 0.05) is 32.1 Å². The van der Waals surface area contributed by atoms with Gasteiger partial charge in [-0.2, -0.15) is 4.31 Å². The van der Waals surface area contributed by atoms with E-state index in [4.69, 9.17) is 14.5 Å². The largest absolute Gasteiger partial charge is 0.493 e. The Hall–Kier alpha value is -2.58. The summed E-state index contributed by atoms with van der Waals surface area (Å²) in [6.45, 7) is 0.908. The van der Waals surface area contributed by atoms with Crippen LogP contribution in [0.1, 0.15) is 24.6 Å². The molecule has 0 saturated carbocycles. The molecule has 3 aromatic rings. The maximum Gasteiger partial charge on any atom is 0.243 e. The third-order valence-electron chi connectivity index (χ3n) is 5.56. The Labute approximate surface area is 170 Å². The fourth-order valence-corrected chi connectivity index (χ4v) is 5.57. The monoisotopic (exact) mass is 415 g/mol. The number of nitrogens with zero attached hydrogens (tertiary/aromatic N) is 3. The van der Waals surface area contributed by atoms with Crippen LogP contribution in [0.2, 0.25) is 0 Å². The molecule has 29 heavy (non-hydrogen) atoms. The molecule has 1 fully saturated rings. The molecule has 2 heterocycles. The summed E-state index contributed by atoms with van der Waals surface area (Å²) in [6.07, 6.45) is 1.70. The summed E-state index contributed by atoms with van der Waals surface area (Å²) in [5.41, 5.74) is 1.99. The SMILES string of the molecule is COc1ccc(S(=O)(=O)N2CCCC(c3nc4ccccc4n3C)C2)cc1OC. The number of sulfonamides is 1. The number of piperidine rings is 1. The molecule has 0 radical (unpaired) electrons. The number of fused-ring (bicyclic) bond motifs is 1. The zero-order chi connectivity index (χ0) is 20.6. The molecule has 0 aliphatic carbocycles. The third kappa shape index (κ3) is 3.47. The van der Waals surface area contributed by atoms with Crippen molar-refractivity contribution in [1.82, 2.24) is 13.9 Å². The second-order valence-corrected chi connectivity index (χ2v) is 9.17. The van der Waals surface area contributed by atoms with E-state index in [0.29, 0.717) is 24.6 Å². The third-order valence-corrected chi connectivity index (χ3v) is 7.42. The summed E-state index contributed by atoms with van der Waals surface area (Å²) < 4.78 is 40.7. The Morgan fingerprint density at radius 1 is 1.07 bits per heavy atom. The van der Waals surface area contributed by atoms with Crippen molar-refractivity contribution in [3.8, 4) is 11.5 Å². The molecule has 7 nitrogen and oxygen atoms in total. The van der Waals surface area contributed by atoms with Gasteiger partial charge >= 0.3 is 0 Å². The molecule has 1 saturated heterocycles. The van der Waals surface area contributed by atoms with Gasteiger partial charge in [-0.05, 0) is 37.1 Å².